The van der Waals surface area contributed by atoms with E-state index in [-0.39, 0.29) is 32.7 Å². The zero-order valence-corrected chi connectivity index (χ0v) is 7.40. The first-order valence-electron chi connectivity index (χ1n) is 2.63. The molecule has 0 bridgehead atoms. The fourth-order valence-corrected chi connectivity index (χ4v) is 0.736. The molecule has 1 saturated heterocycles. The van der Waals surface area contributed by atoms with E-state index in [9.17, 15) is 0 Å². The van der Waals surface area contributed by atoms with Crippen molar-refractivity contribution in [3.8, 4) is 0 Å². The van der Waals surface area contributed by atoms with Crippen molar-refractivity contribution in [3.63, 3.8) is 0 Å². The van der Waals surface area contributed by atoms with Crippen molar-refractivity contribution >= 4 is 0 Å². The first-order chi connectivity index (χ1) is 3.00. The monoisotopic (exact) mass is 173 g/mol. The number of hydrogen-bond acceptors (Lipinski definition) is 0. The number of piperidine rings is 1. The number of hydrogen-bond donors (Lipinski definition) is 0. The summed E-state index contributed by atoms with van der Waals surface area (Å²) in [6, 6.07) is 0. The van der Waals surface area contributed by atoms with Crippen LogP contribution in [0.3, 0.4) is 0 Å². The van der Waals surface area contributed by atoms with Gasteiger partial charge in [0.05, 0.1) is 0 Å². The van der Waals surface area contributed by atoms with Crippen molar-refractivity contribution < 1.29 is 32.7 Å². The fraction of sp³-hybridized carbons (Fsp3) is 1.00. The van der Waals surface area contributed by atoms with Gasteiger partial charge in [-0.05, 0) is 0 Å². The second-order valence-electron chi connectivity index (χ2n) is 1.73. The van der Waals surface area contributed by atoms with Gasteiger partial charge in [-0.1, -0.05) is 19.3 Å². The van der Waals surface area contributed by atoms with Crippen molar-refractivity contribution in [2.75, 3.05) is 13.1 Å². The summed E-state index contributed by atoms with van der Waals surface area (Å²) in [5, 5.41) is 4.18. The Morgan fingerprint density at radius 1 is 0.857 bits per heavy atom. The van der Waals surface area contributed by atoms with Gasteiger partial charge in [-0.15, -0.1) is 13.1 Å². The molecule has 0 saturated carbocycles. The Balaban J connectivity index is 0.000000360. The molecule has 1 nitrogen and oxygen atoms in total. The predicted molar refractivity (Wildman–Crippen MR) is 26.9 cm³/mol. The van der Waals surface area contributed by atoms with E-state index in [1.54, 1.807) is 0 Å². The van der Waals surface area contributed by atoms with E-state index >= 15 is 0 Å². The van der Waals surface area contributed by atoms with Gasteiger partial charge >= 0.3 is 0 Å². The predicted octanol–water partition coefficient (Wildman–Crippen LogP) is 1.54. The molecular formula is C5H10NY-. The third-order valence-electron chi connectivity index (χ3n) is 1.13. The Kier molecular flexibility index (Phi) is 6.00. The molecule has 2 heteroatoms. The average Bonchev–Trinajstić information content (AvgIpc) is 1.72. The summed E-state index contributed by atoms with van der Waals surface area (Å²) < 4.78 is 0. The molecule has 1 aliphatic rings. The quantitative estimate of drug-likeness (QED) is 0.527. The molecule has 0 atom stereocenters. The maximum atomic E-state index is 4.18. The molecule has 7 heavy (non-hydrogen) atoms. The normalized spacial score (nSPS) is 20.6. The van der Waals surface area contributed by atoms with Crippen molar-refractivity contribution in [2.45, 2.75) is 19.3 Å². The Morgan fingerprint density at radius 2 is 1.43 bits per heavy atom. The molecule has 1 fully saturated rings. The smallest absolute Gasteiger partial charge is 0 e. The van der Waals surface area contributed by atoms with Crippen molar-refractivity contribution in [3.05, 3.63) is 5.32 Å². The van der Waals surface area contributed by atoms with Crippen LogP contribution in [0.15, 0.2) is 0 Å². The van der Waals surface area contributed by atoms with E-state index < -0.39 is 0 Å². The van der Waals surface area contributed by atoms with Crippen LogP contribution in [0.1, 0.15) is 19.3 Å². The molecule has 0 aromatic rings. The Bertz CT molecular complexity index is 23.6. The molecule has 0 spiro atoms. The average molecular weight is 173 g/mol. The van der Waals surface area contributed by atoms with Gasteiger partial charge in [0.1, 0.15) is 0 Å². The third-order valence-corrected chi connectivity index (χ3v) is 1.13. The van der Waals surface area contributed by atoms with Crippen LogP contribution >= 0.6 is 0 Å². The van der Waals surface area contributed by atoms with E-state index in [1.807, 2.05) is 0 Å². The van der Waals surface area contributed by atoms with Crippen molar-refractivity contribution in [1.82, 2.24) is 0 Å². The second-order valence-corrected chi connectivity index (χ2v) is 1.73. The molecule has 1 radical (unpaired) electrons. The maximum absolute atomic E-state index is 4.18. The van der Waals surface area contributed by atoms with Crippen molar-refractivity contribution in [2.24, 2.45) is 0 Å². The van der Waals surface area contributed by atoms with Crippen molar-refractivity contribution in [1.29, 1.82) is 0 Å². The minimum absolute atomic E-state index is 0. The van der Waals surface area contributed by atoms with Crippen LogP contribution < -0.4 is 0 Å². The molecule has 0 amide bonds. The van der Waals surface area contributed by atoms with E-state index in [0.29, 0.717) is 0 Å². The van der Waals surface area contributed by atoms with Crippen LogP contribution in [0.4, 0.5) is 0 Å². The first-order valence-corrected chi connectivity index (χ1v) is 2.63. The SMILES string of the molecule is C1CC[N-]CC1.[Y]. The summed E-state index contributed by atoms with van der Waals surface area (Å²) in [6.45, 7) is 2.25. The molecular weight excluding hydrogens is 163 g/mol. The van der Waals surface area contributed by atoms with Gasteiger partial charge in [0, 0.05) is 32.7 Å². The summed E-state index contributed by atoms with van der Waals surface area (Å²) in [5.74, 6) is 0. The minimum atomic E-state index is 0. The molecule has 39 valence electrons. The molecule has 0 aromatic heterocycles. The van der Waals surface area contributed by atoms with E-state index in [1.165, 1.54) is 19.3 Å². The van der Waals surface area contributed by atoms with Crippen LogP contribution in [0, 0.1) is 0 Å². The summed E-state index contributed by atoms with van der Waals surface area (Å²) in [6.07, 6.45) is 4.07. The van der Waals surface area contributed by atoms with E-state index in [2.05, 4.69) is 5.32 Å². The molecule has 0 aromatic carbocycles. The minimum Gasteiger partial charge on any atom is -0.662 e. The standard InChI is InChI=1S/C5H10N.Y/c1-2-4-6-5-3-1;/h1-5H2;/q-1;. The van der Waals surface area contributed by atoms with Gasteiger partial charge < -0.3 is 5.32 Å². The zero-order chi connectivity index (χ0) is 4.24. The van der Waals surface area contributed by atoms with Gasteiger partial charge in [0.2, 0.25) is 0 Å². The maximum Gasteiger partial charge on any atom is 0 e. The van der Waals surface area contributed by atoms with E-state index in [4.69, 9.17) is 0 Å². The summed E-state index contributed by atoms with van der Waals surface area (Å²) >= 11 is 0. The van der Waals surface area contributed by atoms with Gasteiger partial charge in [0.15, 0.2) is 0 Å². The molecule has 0 unspecified atom stereocenters. The summed E-state index contributed by atoms with van der Waals surface area (Å²) in [7, 11) is 0. The third kappa shape index (κ3) is 3.63. The van der Waals surface area contributed by atoms with Gasteiger partial charge in [-0.25, -0.2) is 0 Å². The van der Waals surface area contributed by atoms with Crippen LogP contribution in [0.5, 0.6) is 0 Å². The van der Waals surface area contributed by atoms with Gasteiger partial charge in [0.25, 0.3) is 0 Å². The number of nitrogens with zero attached hydrogens (tertiary/aromatic N) is 1. The van der Waals surface area contributed by atoms with E-state index in [0.717, 1.165) is 13.1 Å². The molecule has 1 heterocycles. The molecule has 1 aliphatic heterocycles. The Labute approximate surface area is 70.1 Å². The number of rotatable bonds is 0. The van der Waals surface area contributed by atoms with Crippen LogP contribution in [0.2, 0.25) is 0 Å². The summed E-state index contributed by atoms with van der Waals surface area (Å²) in [4.78, 5) is 0. The largest absolute Gasteiger partial charge is 0.662 e. The second kappa shape index (κ2) is 5.21. The van der Waals surface area contributed by atoms with Gasteiger partial charge in [-0.2, -0.15) is 0 Å². The molecule has 0 aliphatic carbocycles. The molecule has 1 rings (SSSR count). The van der Waals surface area contributed by atoms with Gasteiger partial charge in [-0.3, -0.25) is 0 Å². The zero-order valence-electron chi connectivity index (χ0n) is 4.56. The topological polar surface area (TPSA) is 14.1 Å². The first kappa shape index (κ1) is 8.06. The summed E-state index contributed by atoms with van der Waals surface area (Å²) in [5.41, 5.74) is 0. The van der Waals surface area contributed by atoms with Crippen LogP contribution in [-0.4, -0.2) is 13.1 Å². The fourth-order valence-electron chi connectivity index (χ4n) is 0.736. The van der Waals surface area contributed by atoms with Crippen LogP contribution in [-0.2, 0) is 32.7 Å². The Morgan fingerprint density at radius 3 is 1.57 bits per heavy atom. The molecule has 0 N–H and O–H groups in total. The van der Waals surface area contributed by atoms with Crippen LogP contribution in [0.25, 0.3) is 5.32 Å². The Hall–Kier alpha value is 1.06.